The molecule has 1 unspecified atom stereocenters. The summed E-state index contributed by atoms with van der Waals surface area (Å²) in [5.41, 5.74) is 1.67. The Labute approximate surface area is 152 Å². The number of hydrogen-bond donors (Lipinski definition) is 2. The van der Waals surface area contributed by atoms with Crippen LogP contribution in [0.5, 0.6) is 5.75 Å². The second-order valence-electron chi connectivity index (χ2n) is 6.11. The maximum absolute atomic E-state index is 12.3. The van der Waals surface area contributed by atoms with Crippen molar-refractivity contribution in [1.82, 2.24) is 5.32 Å². The van der Waals surface area contributed by atoms with Gasteiger partial charge in [-0.25, -0.2) is 0 Å². The molecule has 1 saturated heterocycles. The molecule has 136 valence electrons. The molecule has 1 aliphatic rings. The van der Waals surface area contributed by atoms with Crippen molar-refractivity contribution in [3.63, 3.8) is 0 Å². The summed E-state index contributed by atoms with van der Waals surface area (Å²) in [7, 11) is 1.56. The van der Waals surface area contributed by atoms with Gasteiger partial charge in [-0.3, -0.25) is 9.59 Å². The van der Waals surface area contributed by atoms with Gasteiger partial charge in [-0.1, -0.05) is 6.07 Å². The third-order valence-corrected chi connectivity index (χ3v) is 4.25. The number of carbonyl (C=O) groups is 2. The summed E-state index contributed by atoms with van der Waals surface area (Å²) >= 11 is 0. The van der Waals surface area contributed by atoms with E-state index in [9.17, 15) is 9.59 Å². The van der Waals surface area contributed by atoms with Gasteiger partial charge in [0.15, 0.2) is 0 Å². The quantitative estimate of drug-likeness (QED) is 0.836. The number of amides is 2. The SMILES string of the molecule is COc1cccc(C(=O)Nc2ccc(C(=O)NCC3CCCO3)cc2)c1. The van der Waals surface area contributed by atoms with Crippen molar-refractivity contribution in [3.8, 4) is 5.75 Å². The monoisotopic (exact) mass is 354 g/mol. The molecule has 1 fully saturated rings. The molecule has 0 saturated carbocycles. The number of anilines is 1. The summed E-state index contributed by atoms with van der Waals surface area (Å²) in [6, 6.07) is 13.7. The second kappa shape index (κ2) is 8.49. The van der Waals surface area contributed by atoms with E-state index in [1.54, 1.807) is 55.6 Å². The average molecular weight is 354 g/mol. The number of ether oxygens (including phenoxy) is 2. The summed E-state index contributed by atoms with van der Waals surface area (Å²) in [5.74, 6) is 0.238. The van der Waals surface area contributed by atoms with Crippen LogP contribution >= 0.6 is 0 Å². The molecule has 0 spiro atoms. The van der Waals surface area contributed by atoms with Gasteiger partial charge < -0.3 is 20.1 Å². The molecule has 0 aromatic heterocycles. The summed E-state index contributed by atoms with van der Waals surface area (Å²) in [4.78, 5) is 24.4. The molecule has 26 heavy (non-hydrogen) atoms. The predicted octanol–water partition coefficient (Wildman–Crippen LogP) is 2.86. The number of rotatable bonds is 6. The van der Waals surface area contributed by atoms with Crippen LogP contribution in [0, 0.1) is 0 Å². The van der Waals surface area contributed by atoms with Gasteiger partial charge in [0.1, 0.15) is 5.75 Å². The van der Waals surface area contributed by atoms with Gasteiger partial charge in [0, 0.05) is 30.0 Å². The molecule has 3 rings (SSSR count). The number of methoxy groups -OCH3 is 1. The average Bonchev–Trinajstić information content (AvgIpc) is 3.20. The molecule has 2 N–H and O–H groups in total. The van der Waals surface area contributed by atoms with Crippen molar-refractivity contribution in [3.05, 3.63) is 59.7 Å². The molecule has 1 atom stereocenters. The van der Waals surface area contributed by atoms with Gasteiger partial charge in [0.05, 0.1) is 13.2 Å². The lowest BCUT2D eigenvalue weighted by atomic mass is 10.1. The Morgan fingerprint density at radius 2 is 1.92 bits per heavy atom. The van der Waals surface area contributed by atoms with Crippen molar-refractivity contribution in [2.24, 2.45) is 0 Å². The number of benzene rings is 2. The standard InChI is InChI=1S/C20H22N2O4/c1-25-17-5-2-4-15(12-17)20(24)22-16-9-7-14(8-10-16)19(23)21-13-18-6-3-11-26-18/h2,4-5,7-10,12,18H,3,6,11,13H2,1H3,(H,21,23)(H,22,24). The molecule has 6 heteroatoms. The molecule has 1 heterocycles. The minimum absolute atomic E-state index is 0.111. The van der Waals surface area contributed by atoms with Crippen LogP contribution in [0.15, 0.2) is 48.5 Å². The highest BCUT2D eigenvalue weighted by molar-refractivity contribution is 6.04. The van der Waals surface area contributed by atoms with Gasteiger partial charge in [-0.2, -0.15) is 0 Å². The first-order valence-corrected chi connectivity index (χ1v) is 8.61. The lowest BCUT2D eigenvalue weighted by Gasteiger charge is -2.11. The normalized spacial score (nSPS) is 16.1. The van der Waals surface area contributed by atoms with E-state index in [4.69, 9.17) is 9.47 Å². The molecule has 2 amide bonds. The van der Waals surface area contributed by atoms with Crippen molar-refractivity contribution in [1.29, 1.82) is 0 Å². The van der Waals surface area contributed by atoms with Crippen molar-refractivity contribution < 1.29 is 19.1 Å². The fraction of sp³-hybridized carbons (Fsp3) is 0.300. The number of carbonyl (C=O) groups excluding carboxylic acids is 2. The first-order valence-electron chi connectivity index (χ1n) is 8.61. The Morgan fingerprint density at radius 3 is 2.62 bits per heavy atom. The highest BCUT2D eigenvalue weighted by atomic mass is 16.5. The Hall–Kier alpha value is -2.86. The summed E-state index contributed by atoms with van der Waals surface area (Å²) in [6.45, 7) is 1.29. The summed E-state index contributed by atoms with van der Waals surface area (Å²) in [6.07, 6.45) is 2.14. The smallest absolute Gasteiger partial charge is 0.255 e. The number of hydrogen-bond acceptors (Lipinski definition) is 4. The van der Waals surface area contributed by atoms with Crippen LogP contribution in [0.25, 0.3) is 0 Å². The molecule has 2 aromatic rings. The van der Waals surface area contributed by atoms with Gasteiger partial charge in [0.25, 0.3) is 11.8 Å². The van der Waals surface area contributed by atoms with E-state index in [1.165, 1.54) is 0 Å². The second-order valence-corrected chi connectivity index (χ2v) is 6.11. The van der Waals surface area contributed by atoms with E-state index < -0.39 is 0 Å². The van der Waals surface area contributed by atoms with Crippen LogP contribution < -0.4 is 15.4 Å². The first kappa shape index (κ1) is 17.9. The molecular formula is C20H22N2O4. The zero-order valence-corrected chi connectivity index (χ0v) is 14.7. The summed E-state index contributed by atoms with van der Waals surface area (Å²) in [5, 5.41) is 5.68. The van der Waals surface area contributed by atoms with E-state index in [2.05, 4.69) is 10.6 Å². The highest BCUT2D eigenvalue weighted by Crippen LogP contribution is 2.16. The van der Waals surface area contributed by atoms with E-state index in [0.29, 0.717) is 29.1 Å². The molecular weight excluding hydrogens is 332 g/mol. The van der Waals surface area contributed by atoms with Gasteiger partial charge in [0.2, 0.25) is 0 Å². The van der Waals surface area contributed by atoms with Crippen LogP contribution in [0.4, 0.5) is 5.69 Å². The maximum Gasteiger partial charge on any atom is 0.255 e. The van der Waals surface area contributed by atoms with Crippen LogP contribution in [0.1, 0.15) is 33.6 Å². The lowest BCUT2D eigenvalue weighted by molar-refractivity contribution is 0.0857. The fourth-order valence-corrected chi connectivity index (χ4v) is 2.79. The topological polar surface area (TPSA) is 76.7 Å². The van der Waals surface area contributed by atoms with Crippen LogP contribution in [-0.2, 0) is 4.74 Å². The van der Waals surface area contributed by atoms with Gasteiger partial charge in [-0.15, -0.1) is 0 Å². The first-order chi connectivity index (χ1) is 12.7. The molecule has 0 bridgehead atoms. The largest absolute Gasteiger partial charge is 0.497 e. The van der Waals surface area contributed by atoms with Gasteiger partial charge in [-0.05, 0) is 55.3 Å². The molecule has 1 aliphatic heterocycles. The van der Waals surface area contributed by atoms with E-state index in [-0.39, 0.29) is 17.9 Å². The Balaban J connectivity index is 1.56. The van der Waals surface area contributed by atoms with Gasteiger partial charge >= 0.3 is 0 Å². The summed E-state index contributed by atoms with van der Waals surface area (Å²) < 4.78 is 10.6. The fourth-order valence-electron chi connectivity index (χ4n) is 2.79. The van der Waals surface area contributed by atoms with E-state index in [0.717, 1.165) is 19.4 Å². The minimum atomic E-state index is -0.237. The highest BCUT2D eigenvalue weighted by Gasteiger charge is 2.16. The molecule has 0 radical (unpaired) electrons. The molecule has 2 aromatic carbocycles. The molecule has 6 nitrogen and oxygen atoms in total. The van der Waals surface area contributed by atoms with Crippen LogP contribution in [0.3, 0.4) is 0 Å². The predicted molar refractivity (Wildman–Crippen MR) is 98.7 cm³/mol. The number of nitrogens with one attached hydrogen (secondary N) is 2. The Morgan fingerprint density at radius 1 is 1.12 bits per heavy atom. The van der Waals surface area contributed by atoms with E-state index in [1.807, 2.05) is 0 Å². The van der Waals surface area contributed by atoms with Crippen molar-refractivity contribution >= 4 is 17.5 Å². The zero-order chi connectivity index (χ0) is 18.4. The third-order valence-electron chi connectivity index (χ3n) is 4.25. The van der Waals surface area contributed by atoms with Crippen LogP contribution in [-0.4, -0.2) is 38.2 Å². The lowest BCUT2D eigenvalue weighted by Crippen LogP contribution is -2.31. The third kappa shape index (κ3) is 4.61. The minimum Gasteiger partial charge on any atom is -0.497 e. The van der Waals surface area contributed by atoms with E-state index >= 15 is 0 Å². The Kier molecular flexibility index (Phi) is 5.86. The molecule has 0 aliphatic carbocycles. The Bertz CT molecular complexity index is 768. The van der Waals surface area contributed by atoms with Crippen molar-refractivity contribution in [2.45, 2.75) is 18.9 Å². The zero-order valence-electron chi connectivity index (χ0n) is 14.7. The van der Waals surface area contributed by atoms with Crippen molar-refractivity contribution in [2.75, 3.05) is 25.6 Å². The van der Waals surface area contributed by atoms with Crippen LogP contribution in [0.2, 0.25) is 0 Å². The maximum atomic E-state index is 12.3.